The van der Waals surface area contributed by atoms with Gasteiger partial charge >= 0.3 is 6.18 Å². The summed E-state index contributed by atoms with van der Waals surface area (Å²) in [6.45, 7) is -0.0919. The topological polar surface area (TPSA) is 99.8 Å². The van der Waals surface area contributed by atoms with Gasteiger partial charge in [-0.3, -0.25) is 9.59 Å². The number of alkyl halides is 3. The van der Waals surface area contributed by atoms with E-state index in [1.165, 1.54) is 35.2 Å². The van der Waals surface area contributed by atoms with Gasteiger partial charge in [-0.1, -0.05) is 11.6 Å². The van der Waals surface area contributed by atoms with E-state index in [1.807, 2.05) is 6.07 Å². The molecule has 0 saturated heterocycles. The summed E-state index contributed by atoms with van der Waals surface area (Å²) < 4.78 is 69.4. The summed E-state index contributed by atoms with van der Waals surface area (Å²) in [6.07, 6.45) is -1.98. The van der Waals surface area contributed by atoms with Crippen LogP contribution < -0.4 is 10.6 Å². The van der Waals surface area contributed by atoms with Crippen LogP contribution in [0.5, 0.6) is 0 Å². The normalized spacial score (nSPS) is 14.4. The molecule has 7 nitrogen and oxygen atoms in total. The number of fused-ring (bicyclic) bond motifs is 1. The molecule has 202 valence electrons. The molecule has 2 amide bonds. The lowest BCUT2D eigenvalue weighted by atomic mass is 9.94. The fourth-order valence-electron chi connectivity index (χ4n) is 4.49. The highest BCUT2D eigenvalue weighted by atomic mass is 35.5. The van der Waals surface area contributed by atoms with Crippen molar-refractivity contribution < 1.29 is 31.5 Å². The number of nitrogens with zero attached hydrogens (tertiary/aromatic N) is 3. The molecule has 0 saturated carbocycles. The number of hydrogen-bond acceptors (Lipinski definition) is 4. The third-order valence-electron chi connectivity index (χ3n) is 6.21. The van der Waals surface area contributed by atoms with Gasteiger partial charge in [-0.15, -0.1) is 0 Å². The maximum atomic E-state index is 14.1. The number of halogens is 6. The number of nitrogens with one attached hydrogen (secondary N) is 2. The number of hydrogen-bond donors (Lipinski definition) is 2. The lowest BCUT2D eigenvalue weighted by Gasteiger charge is -2.19. The van der Waals surface area contributed by atoms with Crippen LogP contribution in [0, 0.1) is 23.0 Å². The molecule has 13 heteroatoms. The van der Waals surface area contributed by atoms with Gasteiger partial charge in [0.05, 0.1) is 17.7 Å². The van der Waals surface area contributed by atoms with Gasteiger partial charge in [0.25, 0.3) is 11.8 Å². The molecule has 5 rings (SSSR count). The predicted octanol–water partition coefficient (Wildman–Crippen LogP) is 6.11. The number of amides is 2. The first kappa shape index (κ1) is 26.8. The molecule has 1 unspecified atom stereocenters. The van der Waals surface area contributed by atoms with E-state index in [9.17, 15) is 31.5 Å². The van der Waals surface area contributed by atoms with Gasteiger partial charge in [0.15, 0.2) is 0 Å². The zero-order valence-corrected chi connectivity index (χ0v) is 20.7. The van der Waals surface area contributed by atoms with E-state index in [1.54, 1.807) is 0 Å². The molecular formula is C27H15ClF5N5O2. The molecule has 1 atom stereocenters. The van der Waals surface area contributed by atoms with Crippen molar-refractivity contribution in [2.24, 2.45) is 0 Å². The Hall–Kier alpha value is -4.76. The van der Waals surface area contributed by atoms with E-state index in [4.69, 9.17) is 16.9 Å². The van der Waals surface area contributed by atoms with Gasteiger partial charge in [0, 0.05) is 50.9 Å². The van der Waals surface area contributed by atoms with Gasteiger partial charge in [0.1, 0.15) is 24.0 Å². The molecule has 0 spiro atoms. The monoisotopic (exact) mass is 571 g/mol. The van der Waals surface area contributed by atoms with Crippen molar-refractivity contribution in [3.05, 3.63) is 105 Å². The van der Waals surface area contributed by atoms with Crippen LogP contribution in [0.15, 0.2) is 60.9 Å². The number of aromatic nitrogens is 2. The van der Waals surface area contributed by atoms with Crippen LogP contribution in [0.4, 0.5) is 27.6 Å². The third-order valence-corrected chi connectivity index (χ3v) is 6.55. The molecule has 0 bridgehead atoms. The van der Waals surface area contributed by atoms with E-state index in [2.05, 4.69) is 15.6 Å². The van der Waals surface area contributed by atoms with Crippen LogP contribution in [0.1, 0.15) is 43.4 Å². The zero-order chi connectivity index (χ0) is 28.8. The number of rotatable bonds is 5. The molecule has 1 aliphatic rings. The number of carbonyl (C=O) groups is 2. The summed E-state index contributed by atoms with van der Waals surface area (Å²) in [5.41, 5.74) is -1.41. The highest BCUT2D eigenvalue weighted by Gasteiger charge is 2.36. The Bertz CT molecular complexity index is 1730. The first-order valence-corrected chi connectivity index (χ1v) is 11.9. The molecule has 4 aromatic rings. The molecular weight excluding hydrogens is 557 g/mol. The Morgan fingerprint density at radius 3 is 2.62 bits per heavy atom. The Morgan fingerprint density at radius 1 is 1.12 bits per heavy atom. The van der Waals surface area contributed by atoms with Crippen LogP contribution in [-0.2, 0) is 12.7 Å². The Morgan fingerprint density at radius 2 is 1.90 bits per heavy atom. The fraction of sp³-hybridized carbons (Fsp3) is 0.111. The Balaban J connectivity index is 1.67. The van der Waals surface area contributed by atoms with Crippen molar-refractivity contribution >= 4 is 29.1 Å². The molecule has 3 aromatic carbocycles. The van der Waals surface area contributed by atoms with Crippen LogP contribution in [0.2, 0.25) is 5.02 Å². The van der Waals surface area contributed by atoms with Gasteiger partial charge in [-0.2, -0.15) is 18.4 Å². The van der Waals surface area contributed by atoms with Gasteiger partial charge < -0.3 is 15.2 Å². The average Bonchev–Trinajstić information content (AvgIpc) is 3.49. The maximum Gasteiger partial charge on any atom is 0.416 e. The highest BCUT2D eigenvalue weighted by molar-refractivity contribution is 6.31. The minimum atomic E-state index is -4.91. The van der Waals surface area contributed by atoms with Crippen molar-refractivity contribution in [1.29, 1.82) is 5.26 Å². The predicted molar refractivity (Wildman–Crippen MR) is 133 cm³/mol. The van der Waals surface area contributed by atoms with E-state index in [0.717, 1.165) is 12.1 Å². The number of nitriles is 1. The molecule has 1 aliphatic heterocycles. The number of anilines is 1. The summed E-state index contributed by atoms with van der Waals surface area (Å²) in [4.78, 5) is 30.4. The summed E-state index contributed by atoms with van der Waals surface area (Å²) in [7, 11) is 0. The second-order valence-corrected chi connectivity index (χ2v) is 9.18. The highest BCUT2D eigenvalue weighted by Crippen LogP contribution is 2.42. The summed E-state index contributed by atoms with van der Waals surface area (Å²) in [5, 5.41) is 14.4. The lowest BCUT2D eigenvalue weighted by Crippen LogP contribution is -2.21. The maximum absolute atomic E-state index is 14.1. The van der Waals surface area contributed by atoms with Crippen molar-refractivity contribution in [3.8, 4) is 17.5 Å². The van der Waals surface area contributed by atoms with Crippen LogP contribution in [0.25, 0.3) is 11.4 Å². The van der Waals surface area contributed by atoms with E-state index in [0.29, 0.717) is 12.1 Å². The Kier molecular flexibility index (Phi) is 6.77. The Labute approximate surface area is 227 Å². The quantitative estimate of drug-likeness (QED) is 0.282. The number of carbonyl (C=O) groups excluding carboxylic acids is 2. The average molecular weight is 572 g/mol. The van der Waals surface area contributed by atoms with Crippen LogP contribution >= 0.6 is 11.6 Å². The van der Waals surface area contributed by atoms with Gasteiger partial charge in [-0.05, 0) is 48.5 Å². The summed E-state index contributed by atoms with van der Waals surface area (Å²) >= 11 is 6.29. The minimum Gasteiger partial charge on any atom is -0.341 e. The smallest absolute Gasteiger partial charge is 0.341 e. The SMILES string of the molecule is N#CCn1ccnc1-c1cc(NC(=O)c2cc(F)cc(C(F)(F)F)c2)c2c(c1)C(=O)NC2c1cc(F)ccc1Cl. The molecule has 0 aliphatic carbocycles. The summed E-state index contributed by atoms with van der Waals surface area (Å²) in [6, 6.07) is 8.66. The molecule has 0 radical (unpaired) electrons. The molecule has 0 fully saturated rings. The van der Waals surface area contributed by atoms with Crippen molar-refractivity contribution in [3.63, 3.8) is 0 Å². The zero-order valence-electron chi connectivity index (χ0n) is 20.0. The van der Waals surface area contributed by atoms with Gasteiger partial charge in [-0.25, -0.2) is 13.8 Å². The van der Waals surface area contributed by atoms with Crippen molar-refractivity contribution in [1.82, 2.24) is 14.9 Å². The second kappa shape index (κ2) is 10.1. The van der Waals surface area contributed by atoms with Crippen LogP contribution in [0.3, 0.4) is 0 Å². The van der Waals surface area contributed by atoms with E-state index in [-0.39, 0.29) is 51.4 Å². The standard InChI is InChI=1S/C27H15ClF5N5O2/c28-20-2-1-16(29)12-18(20)23-22-19(26(40)37-23)9-13(24-35-4-6-38(24)5-3-34)10-21(22)36-25(39)14-7-15(27(31,32)33)11-17(30)8-14/h1-2,4,6-12,23H,5H2,(H,36,39)(H,37,40). The van der Waals surface area contributed by atoms with Gasteiger partial charge in [0.2, 0.25) is 0 Å². The minimum absolute atomic E-state index is 0.0415. The van der Waals surface area contributed by atoms with Crippen molar-refractivity contribution in [2.75, 3.05) is 5.32 Å². The first-order chi connectivity index (χ1) is 19.0. The number of imidazole rings is 1. The molecule has 1 aromatic heterocycles. The lowest BCUT2D eigenvalue weighted by molar-refractivity contribution is -0.137. The molecule has 2 heterocycles. The number of benzene rings is 3. The largest absolute Gasteiger partial charge is 0.416 e. The fourth-order valence-corrected chi connectivity index (χ4v) is 4.71. The second-order valence-electron chi connectivity index (χ2n) is 8.77. The molecule has 2 N–H and O–H groups in total. The van der Waals surface area contributed by atoms with Crippen molar-refractivity contribution in [2.45, 2.75) is 18.8 Å². The summed E-state index contributed by atoms with van der Waals surface area (Å²) in [5.74, 6) is -3.39. The van der Waals surface area contributed by atoms with E-state index >= 15 is 0 Å². The van der Waals surface area contributed by atoms with E-state index < -0.39 is 46.8 Å². The third kappa shape index (κ3) is 4.99. The molecule has 40 heavy (non-hydrogen) atoms. The first-order valence-electron chi connectivity index (χ1n) is 11.5. The van der Waals surface area contributed by atoms with Crippen LogP contribution in [-0.4, -0.2) is 21.4 Å².